The number of hydrogen-bond donors (Lipinski definition) is 1. The summed E-state index contributed by atoms with van der Waals surface area (Å²) in [5, 5.41) is 3.05. The molecule has 5 heteroatoms. The lowest BCUT2D eigenvalue weighted by Gasteiger charge is -2.33. The summed E-state index contributed by atoms with van der Waals surface area (Å²) in [5.41, 5.74) is 3.81. The Balaban J connectivity index is 2.39. The van der Waals surface area contributed by atoms with Crippen molar-refractivity contribution in [1.82, 2.24) is 4.90 Å². The predicted octanol–water partition coefficient (Wildman–Crippen LogP) is 6.45. The number of rotatable bonds is 10. The highest BCUT2D eigenvalue weighted by atomic mass is 16.2. The van der Waals surface area contributed by atoms with Gasteiger partial charge in [0.2, 0.25) is 11.8 Å². The van der Waals surface area contributed by atoms with E-state index in [2.05, 4.69) is 51.8 Å². The molecule has 34 heavy (non-hydrogen) atoms. The first-order valence-electron chi connectivity index (χ1n) is 12.4. The third-order valence-electron chi connectivity index (χ3n) is 6.19. The summed E-state index contributed by atoms with van der Waals surface area (Å²) in [7, 11) is 4.01. The highest BCUT2D eigenvalue weighted by Crippen LogP contribution is 2.29. The topological polar surface area (TPSA) is 52.7 Å². The quantitative estimate of drug-likeness (QED) is 0.439. The second-order valence-corrected chi connectivity index (χ2v) is 10.6. The number of benzene rings is 2. The third-order valence-corrected chi connectivity index (χ3v) is 6.19. The summed E-state index contributed by atoms with van der Waals surface area (Å²) < 4.78 is 0. The maximum atomic E-state index is 13.8. The molecule has 0 unspecified atom stereocenters. The molecule has 0 bridgehead atoms. The van der Waals surface area contributed by atoms with Gasteiger partial charge in [-0.15, -0.1) is 0 Å². The van der Waals surface area contributed by atoms with E-state index in [9.17, 15) is 9.59 Å². The fraction of sp³-hybridized carbons (Fsp3) is 0.517. The van der Waals surface area contributed by atoms with Gasteiger partial charge < -0.3 is 15.1 Å². The molecule has 0 aromatic heterocycles. The molecule has 2 amide bonds. The SMILES string of the molecule is CC[C@@H](C(=O)N(Cc1cc(NC(=O)CC(C)(C)C)ccc1N(C)C)[C@@H](C)CC)c1ccccc1. The number of carbonyl (C=O) groups excluding carboxylic acids is 2. The van der Waals surface area contributed by atoms with E-state index < -0.39 is 0 Å². The standard InChI is InChI=1S/C29H43N3O2/c1-9-21(3)32(28(34)25(10-2)22-14-12-11-13-15-22)20-23-18-24(16-17-26(23)31(7)8)30-27(33)19-29(4,5)6/h11-18,21,25H,9-10,19-20H2,1-8H3,(H,30,33)/t21-,25+/m0/s1. The lowest BCUT2D eigenvalue weighted by atomic mass is 9.92. The van der Waals surface area contributed by atoms with E-state index in [-0.39, 0.29) is 29.2 Å². The zero-order chi connectivity index (χ0) is 25.5. The third kappa shape index (κ3) is 7.61. The number of carbonyl (C=O) groups is 2. The average molecular weight is 466 g/mol. The Morgan fingerprint density at radius 1 is 0.971 bits per heavy atom. The lowest BCUT2D eigenvalue weighted by molar-refractivity contribution is -0.135. The molecule has 2 atom stereocenters. The monoisotopic (exact) mass is 465 g/mol. The molecule has 0 spiro atoms. The van der Waals surface area contributed by atoms with Crippen molar-refractivity contribution >= 4 is 23.2 Å². The maximum absolute atomic E-state index is 13.8. The Morgan fingerprint density at radius 2 is 1.62 bits per heavy atom. The molecule has 5 nitrogen and oxygen atoms in total. The highest BCUT2D eigenvalue weighted by Gasteiger charge is 2.28. The Labute approximate surface area is 206 Å². The highest BCUT2D eigenvalue weighted by molar-refractivity contribution is 5.91. The Bertz CT molecular complexity index is 948. The van der Waals surface area contributed by atoms with Crippen molar-refractivity contribution in [2.45, 2.75) is 79.3 Å². The molecule has 0 aliphatic heterocycles. The Hall–Kier alpha value is -2.82. The minimum atomic E-state index is -0.173. The molecule has 2 rings (SSSR count). The van der Waals surface area contributed by atoms with Crippen molar-refractivity contribution < 1.29 is 9.59 Å². The number of nitrogens with zero attached hydrogens (tertiary/aromatic N) is 2. The van der Waals surface area contributed by atoms with E-state index in [1.807, 2.05) is 67.5 Å². The van der Waals surface area contributed by atoms with Crippen LogP contribution in [-0.2, 0) is 16.1 Å². The van der Waals surface area contributed by atoms with Crippen molar-refractivity contribution in [2.75, 3.05) is 24.3 Å². The van der Waals surface area contributed by atoms with Gasteiger partial charge in [0.05, 0.1) is 5.92 Å². The van der Waals surface area contributed by atoms with Crippen molar-refractivity contribution in [2.24, 2.45) is 5.41 Å². The van der Waals surface area contributed by atoms with Gasteiger partial charge in [-0.3, -0.25) is 9.59 Å². The van der Waals surface area contributed by atoms with Crippen LogP contribution in [0.3, 0.4) is 0 Å². The average Bonchev–Trinajstić information content (AvgIpc) is 2.76. The summed E-state index contributed by atoms with van der Waals surface area (Å²) in [6.07, 6.45) is 2.07. The summed E-state index contributed by atoms with van der Waals surface area (Å²) in [4.78, 5) is 30.4. The van der Waals surface area contributed by atoms with Gasteiger partial charge in [-0.25, -0.2) is 0 Å². The molecule has 0 aliphatic rings. The molecular weight excluding hydrogens is 422 g/mol. The van der Waals surface area contributed by atoms with Crippen LogP contribution in [0.5, 0.6) is 0 Å². The normalized spacial score (nSPS) is 13.2. The molecule has 2 aromatic carbocycles. The van der Waals surface area contributed by atoms with Crippen molar-refractivity contribution in [3.63, 3.8) is 0 Å². The molecule has 0 heterocycles. The van der Waals surface area contributed by atoms with Crippen LogP contribution in [0.15, 0.2) is 48.5 Å². The van der Waals surface area contributed by atoms with Crippen LogP contribution in [0.25, 0.3) is 0 Å². The van der Waals surface area contributed by atoms with Crippen LogP contribution in [0.1, 0.15) is 77.8 Å². The largest absolute Gasteiger partial charge is 0.377 e. The van der Waals surface area contributed by atoms with E-state index in [0.717, 1.165) is 35.3 Å². The molecule has 0 aliphatic carbocycles. The van der Waals surface area contributed by atoms with Crippen molar-refractivity contribution in [1.29, 1.82) is 0 Å². The van der Waals surface area contributed by atoms with E-state index in [4.69, 9.17) is 0 Å². The van der Waals surface area contributed by atoms with Gasteiger partial charge in [-0.05, 0) is 54.5 Å². The molecular formula is C29H43N3O2. The second-order valence-electron chi connectivity index (χ2n) is 10.6. The smallest absolute Gasteiger partial charge is 0.230 e. The zero-order valence-corrected chi connectivity index (χ0v) is 22.3. The van der Waals surface area contributed by atoms with E-state index in [0.29, 0.717) is 13.0 Å². The summed E-state index contributed by atoms with van der Waals surface area (Å²) in [5.74, 6) is -0.0244. The van der Waals surface area contributed by atoms with Crippen LogP contribution < -0.4 is 10.2 Å². The van der Waals surface area contributed by atoms with Gasteiger partial charge in [-0.2, -0.15) is 0 Å². The van der Waals surface area contributed by atoms with Gasteiger partial charge in [0.15, 0.2) is 0 Å². The molecule has 1 N–H and O–H groups in total. The number of nitrogens with one attached hydrogen (secondary N) is 1. The minimum Gasteiger partial charge on any atom is -0.377 e. The van der Waals surface area contributed by atoms with Gasteiger partial charge >= 0.3 is 0 Å². The number of amides is 2. The van der Waals surface area contributed by atoms with Crippen LogP contribution in [0, 0.1) is 5.41 Å². The number of anilines is 2. The van der Waals surface area contributed by atoms with Crippen LogP contribution in [0.4, 0.5) is 11.4 Å². The van der Waals surface area contributed by atoms with E-state index >= 15 is 0 Å². The molecule has 0 saturated carbocycles. The molecule has 0 saturated heterocycles. The Kier molecular flexibility index (Phi) is 9.72. The van der Waals surface area contributed by atoms with E-state index in [1.165, 1.54) is 0 Å². The molecule has 0 radical (unpaired) electrons. The fourth-order valence-corrected chi connectivity index (χ4v) is 4.21. The number of hydrogen-bond acceptors (Lipinski definition) is 3. The zero-order valence-electron chi connectivity index (χ0n) is 22.3. The van der Waals surface area contributed by atoms with Gasteiger partial charge in [0.1, 0.15) is 0 Å². The predicted molar refractivity (Wildman–Crippen MR) is 143 cm³/mol. The maximum Gasteiger partial charge on any atom is 0.230 e. The summed E-state index contributed by atoms with van der Waals surface area (Å²) >= 11 is 0. The molecule has 2 aromatic rings. The lowest BCUT2D eigenvalue weighted by Crippen LogP contribution is -2.41. The second kappa shape index (κ2) is 12.0. The first-order chi connectivity index (χ1) is 16.0. The first kappa shape index (κ1) is 27.4. The van der Waals surface area contributed by atoms with Crippen LogP contribution >= 0.6 is 0 Å². The van der Waals surface area contributed by atoms with E-state index in [1.54, 1.807) is 0 Å². The van der Waals surface area contributed by atoms with Gasteiger partial charge in [0.25, 0.3) is 0 Å². The Morgan fingerprint density at radius 3 is 2.15 bits per heavy atom. The van der Waals surface area contributed by atoms with Gasteiger partial charge in [-0.1, -0.05) is 65.0 Å². The van der Waals surface area contributed by atoms with Crippen molar-refractivity contribution in [3.8, 4) is 0 Å². The fourth-order valence-electron chi connectivity index (χ4n) is 4.21. The van der Waals surface area contributed by atoms with Crippen molar-refractivity contribution in [3.05, 3.63) is 59.7 Å². The van der Waals surface area contributed by atoms with Crippen LogP contribution in [0.2, 0.25) is 0 Å². The molecule has 186 valence electrons. The molecule has 0 fully saturated rings. The van der Waals surface area contributed by atoms with Gasteiger partial charge in [0, 0.05) is 44.5 Å². The minimum absolute atomic E-state index is 0.000960. The summed E-state index contributed by atoms with van der Waals surface area (Å²) in [6.45, 7) is 13.0. The van der Waals surface area contributed by atoms with Crippen LogP contribution in [-0.4, -0.2) is 36.9 Å². The summed E-state index contributed by atoms with van der Waals surface area (Å²) in [6, 6.07) is 16.1. The first-order valence-corrected chi connectivity index (χ1v) is 12.4.